The Balaban J connectivity index is 2.34. The molecule has 0 aliphatic carbocycles. The van der Waals surface area contributed by atoms with Gasteiger partial charge in [0.15, 0.2) is 0 Å². The molecule has 108 valence electrons. The zero-order chi connectivity index (χ0) is 14.7. The molecule has 1 aromatic heterocycles. The fourth-order valence-corrected chi connectivity index (χ4v) is 2.36. The summed E-state index contributed by atoms with van der Waals surface area (Å²) >= 11 is 6.27. The van der Waals surface area contributed by atoms with Crippen LogP contribution < -0.4 is 10.5 Å². The number of aromatic nitrogens is 2. The van der Waals surface area contributed by atoms with Crippen LogP contribution in [0.25, 0.3) is 0 Å². The summed E-state index contributed by atoms with van der Waals surface area (Å²) in [6.45, 7) is 4.79. The van der Waals surface area contributed by atoms with Crippen LogP contribution in [0, 0.1) is 5.92 Å². The number of halogens is 1. The maximum atomic E-state index is 6.27. The number of hydrogen-bond donors (Lipinski definition) is 1. The van der Waals surface area contributed by atoms with Crippen molar-refractivity contribution < 1.29 is 4.74 Å². The van der Waals surface area contributed by atoms with Gasteiger partial charge in [-0.25, -0.2) is 4.98 Å². The molecule has 5 heteroatoms. The van der Waals surface area contributed by atoms with Crippen LogP contribution >= 0.6 is 11.6 Å². The fraction of sp³-hybridized carbons (Fsp3) is 0.400. The highest BCUT2D eigenvalue weighted by Crippen LogP contribution is 2.28. The highest BCUT2D eigenvalue weighted by molar-refractivity contribution is 6.31. The standard InChI is InChI=1S/C15H20ClN3O/c1-10(2)15(17)13-7-18-9-19(13)8-11-12(16)5-4-6-14(11)20-3/h4-7,9-10,15H,8,17H2,1-3H3. The van der Waals surface area contributed by atoms with Crippen LogP contribution in [0.2, 0.25) is 5.02 Å². The smallest absolute Gasteiger partial charge is 0.125 e. The molecule has 2 rings (SSSR count). The normalized spacial score (nSPS) is 12.7. The summed E-state index contributed by atoms with van der Waals surface area (Å²) in [6, 6.07) is 5.59. The van der Waals surface area contributed by atoms with Crippen molar-refractivity contribution in [2.24, 2.45) is 11.7 Å². The van der Waals surface area contributed by atoms with Gasteiger partial charge in [-0.05, 0) is 18.1 Å². The van der Waals surface area contributed by atoms with Gasteiger partial charge in [-0.2, -0.15) is 0 Å². The summed E-state index contributed by atoms with van der Waals surface area (Å²) < 4.78 is 7.40. The Kier molecular flexibility index (Phi) is 4.68. The van der Waals surface area contributed by atoms with Gasteiger partial charge in [0.1, 0.15) is 5.75 Å². The molecule has 0 aliphatic heterocycles. The minimum Gasteiger partial charge on any atom is -0.496 e. The molecule has 1 atom stereocenters. The summed E-state index contributed by atoms with van der Waals surface area (Å²) in [5, 5.41) is 0.683. The Labute approximate surface area is 124 Å². The summed E-state index contributed by atoms with van der Waals surface area (Å²) in [6.07, 6.45) is 3.59. The number of rotatable bonds is 5. The lowest BCUT2D eigenvalue weighted by Gasteiger charge is -2.19. The van der Waals surface area contributed by atoms with Gasteiger partial charge in [-0.15, -0.1) is 0 Å². The Morgan fingerprint density at radius 3 is 2.80 bits per heavy atom. The van der Waals surface area contributed by atoms with Crippen molar-refractivity contribution in [1.29, 1.82) is 0 Å². The number of ether oxygens (including phenoxy) is 1. The van der Waals surface area contributed by atoms with E-state index in [1.165, 1.54) is 0 Å². The van der Waals surface area contributed by atoms with Crippen molar-refractivity contribution in [2.75, 3.05) is 7.11 Å². The van der Waals surface area contributed by atoms with Crippen molar-refractivity contribution in [3.8, 4) is 5.75 Å². The first kappa shape index (κ1) is 14.9. The van der Waals surface area contributed by atoms with Crippen LogP contribution in [0.4, 0.5) is 0 Å². The highest BCUT2D eigenvalue weighted by Gasteiger charge is 2.17. The summed E-state index contributed by atoms with van der Waals surface area (Å²) in [4.78, 5) is 4.21. The molecule has 0 spiro atoms. The van der Waals surface area contributed by atoms with E-state index in [2.05, 4.69) is 18.8 Å². The number of imidazole rings is 1. The molecule has 0 fully saturated rings. The predicted molar refractivity (Wildman–Crippen MR) is 81.1 cm³/mol. The van der Waals surface area contributed by atoms with Crippen molar-refractivity contribution in [3.63, 3.8) is 0 Å². The van der Waals surface area contributed by atoms with E-state index in [0.29, 0.717) is 17.5 Å². The van der Waals surface area contributed by atoms with Gasteiger partial charge < -0.3 is 15.0 Å². The number of nitrogens with two attached hydrogens (primary N) is 1. The predicted octanol–water partition coefficient (Wildman–Crippen LogP) is 3.25. The molecule has 1 aromatic carbocycles. The average molecular weight is 294 g/mol. The SMILES string of the molecule is COc1cccc(Cl)c1Cn1cncc1C(N)C(C)C. The molecule has 0 saturated heterocycles. The fourth-order valence-electron chi connectivity index (χ4n) is 2.14. The van der Waals surface area contributed by atoms with Crippen LogP contribution in [0.15, 0.2) is 30.7 Å². The van der Waals surface area contributed by atoms with Gasteiger partial charge in [-0.1, -0.05) is 31.5 Å². The lowest BCUT2D eigenvalue weighted by molar-refractivity contribution is 0.407. The van der Waals surface area contributed by atoms with Crippen molar-refractivity contribution in [1.82, 2.24) is 9.55 Å². The molecule has 4 nitrogen and oxygen atoms in total. The molecule has 0 amide bonds. The topological polar surface area (TPSA) is 53.1 Å². The molecular weight excluding hydrogens is 274 g/mol. The molecule has 0 bridgehead atoms. The van der Waals surface area contributed by atoms with Crippen LogP contribution in [0.5, 0.6) is 5.75 Å². The third-order valence-electron chi connectivity index (χ3n) is 3.43. The highest BCUT2D eigenvalue weighted by atomic mass is 35.5. The molecule has 20 heavy (non-hydrogen) atoms. The van der Waals surface area contributed by atoms with Crippen molar-refractivity contribution in [3.05, 3.63) is 47.0 Å². The molecule has 0 radical (unpaired) electrons. The maximum Gasteiger partial charge on any atom is 0.125 e. The molecule has 2 N–H and O–H groups in total. The second-order valence-electron chi connectivity index (χ2n) is 5.14. The van der Waals surface area contributed by atoms with Gasteiger partial charge in [0.25, 0.3) is 0 Å². The number of nitrogens with zero attached hydrogens (tertiary/aromatic N) is 2. The van der Waals surface area contributed by atoms with Crippen molar-refractivity contribution in [2.45, 2.75) is 26.4 Å². The maximum absolute atomic E-state index is 6.27. The van der Waals surface area contributed by atoms with E-state index < -0.39 is 0 Å². The van der Waals surface area contributed by atoms with E-state index in [-0.39, 0.29) is 6.04 Å². The number of methoxy groups -OCH3 is 1. The molecule has 2 aromatic rings. The van der Waals surface area contributed by atoms with E-state index in [0.717, 1.165) is 17.0 Å². The second-order valence-corrected chi connectivity index (χ2v) is 5.54. The van der Waals surface area contributed by atoms with Crippen LogP contribution in [-0.4, -0.2) is 16.7 Å². The first-order valence-electron chi connectivity index (χ1n) is 6.61. The van der Waals surface area contributed by atoms with E-state index in [9.17, 15) is 0 Å². The minimum absolute atomic E-state index is 0.0500. The zero-order valence-electron chi connectivity index (χ0n) is 12.0. The molecule has 1 unspecified atom stereocenters. The number of hydrogen-bond acceptors (Lipinski definition) is 3. The van der Waals surface area contributed by atoms with Crippen LogP contribution in [0.1, 0.15) is 31.1 Å². The molecule has 0 saturated carbocycles. The van der Waals surface area contributed by atoms with Gasteiger partial charge in [0, 0.05) is 22.8 Å². The van der Waals surface area contributed by atoms with Gasteiger partial charge in [0.2, 0.25) is 0 Å². The Bertz CT molecular complexity index is 580. The Morgan fingerprint density at radius 2 is 2.15 bits per heavy atom. The van der Waals surface area contributed by atoms with E-state index in [4.69, 9.17) is 22.1 Å². The Hall–Kier alpha value is -1.52. The summed E-state index contributed by atoms with van der Waals surface area (Å²) in [7, 11) is 1.64. The van der Waals surface area contributed by atoms with E-state index >= 15 is 0 Å². The Morgan fingerprint density at radius 1 is 1.40 bits per heavy atom. The third-order valence-corrected chi connectivity index (χ3v) is 3.78. The van der Waals surface area contributed by atoms with Crippen molar-refractivity contribution >= 4 is 11.6 Å². The molecule has 1 heterocycles. The first-order chi connectivity index (χ1) is 9.54. The van der Waals surface area contributed by atoms with E-state index in [1.54, 1.807) is 13.4 Å². The quantitative estimate of drug-likeness (QED) is 0.920. The minimum atomic E-state index is -0.0500. The van der Waals surface area contributed by atoms with Gasteiger partial charge in [-0.3, -0.25) is 0 Å². The lowest BCUT2D eigenvalue weighted by Crippen LogP contribution is -2.20. The third kappa shape index (κ3) is 2.97. The largest absolute Gasteiger partial charge is 0.496 e. The van der Waals surface area contributed by atoms with Crippen LogP contribution in [-0.2, 0) is 6.54 Å². The molecule has 0 aliphatic rings. The second kappa shape index (κ2) is 6.29. The van der Waals surface area contributed by atoms with Gasteiger partial charge >= 0.3 is 0 Å². The van der Waals surface area contributed by atoms with Crippen LogP contribution in [0.3, 0.4) is 0 Å². The van der Waals surface area contributed by atoms with Gasteiger partial charge in [0.05, 0.1) is 25.7 Å². The summed E-state index contributed by atoms with van der Waals surface area (Å²) in [5.74, 6) is 1.12. The van der Waals surface area contributed by atoms with E-state index in [1.807, 2.05) is 29.0 Å². The molecular formula is C15H20ClN3O. The zero-order valence-corrected chi connectivity index (χ0v) is 12.8. The average Bonchev–Trinajstić information content (AvgIpc) is 2.88. The number of benzene rings is 1. The lowest BCUT2D eigenvalue weighted by atomic mass is 10.0. The first-order valence-corrected chi connectivity index (χ1v) is 6.99. The monoisotopic (exact) mass is 293 g/mol. The summed E-state index contributed by atoms with van der Waals surface area (Å²) in [5.41, 5.74) is 8.16.